The zero-order valence-electron chi connectivity index (χ0n) is 15.9. The Morgan fingerprint density at radius 1 is 1.17 bits per heavy atom. The summed E-state index contributed by atoms with van der Waals surface area (Å²) in [6.45, 7) is 0.439. The highest BCUT2D eigenvalue weighted by Crippen LogP contribution is 2.44. The van der Waals surface area contributed by atoms with Gasteiger partial charge in [0, 0.05) is 17.1 Å². The highest BCUT2D eigenvalue weighted by atomic mass is 35.5. The van der Waals surface area contributed by atoms with E-state index in [0.717, 1.165) is 11.1 Å². The van der Waals surface area contributed by atoms with E-state index in [9.17, 15) is 9.18 Å². The van der Waals surface area contributed by atoms with Gasteiger partial charge < -0.3 is 14.4 Å². The van der Waals surface area contributed by atoms with E-state index < -0.39 is 11.9 Å². The smallest absolute Gasteiger partial charge is 0.264 e. The molecule has 1 aliphatic heterocycles. The molecule has 1 amide bonds. The zero-order valence-corrected chi connectivity index (χ0v) is 17.5. The number of rotatable bonds is 4. The number of hydrogen-bond donors (Lipinski definition) is 0. The molecule has 4 rings (SSSR count). The number of fused-ring (bicyclic) bond motifs is 1. The van der Waals surface area contributed by atoms with Crippen LogP contribution in [0.2, 0.25) is 5.02 Å². The van der Waals surface area contributed by atoms with Crippen molar-refractivity contribution in [3.8, 4) is 11.5 Å². The minimum absolute atomic E-state index is 0.148. The van der Waals surface area contributed by atoms with E-state index >= 15 is 0 Å². The number of carbonyl (C=O) groups excluding carboxylic acids is 1. The number of halogens is 2. The zero-order chi connectivity index (χ0) is 20.5. The molecule has 0 bridgehead atoms. The maximum absolute atomic E-state index is 15.0. The van der Waals surface area contributed by atoms with Gasteiger partial charge in [-0.25, -0.2) is 4.39 Å². The third kappa shape index (κ3) is 3.47. The van der Waals surface area contributed by atoms with Gasteiger partial charge in [0.25, 0.3) is 5.91 Å². The van der Waals surface area contributed by atoms with E-state index in [1.165, 1.54) is 17.4 Å². The summed E-state index contributed by atoms with van der Waals surface area (Å²) in [4.78, 5) is 15.6. The molecule has 0 saturated carbocycles. The molecule has 3 aromatic rings. The summed E-state index contributed by atoms with van der Waals surface area (Å²) in [5.74, 6) is 0.524. The van der Waals surface area contributed by atoms with Crippen LogP contribution in [0.25, 0.3) is 0 Å². The Hall–Kier alpha value is -2.57. The number of methoxy groups -OCH3 is 2. The summed E-state index contributed by atoms with van der Waals surface area (Å²) in [7, 11) is 3.12. The third-order valence-electron chi connectivity index (χ3n) is 5.14. The number of nitrogens with zero attached hydrogens (tertiary/aromatic N) is 1. The fraction of sp³-hybridized carbons (Fsp3) is 0.227. The molecule has 2 heterocycles. The molecule has 0 radical (unpaired) electrons. The van der Waals surface area contributed by atoms with Crippen molar-refractivity contribution in [2.24, 2.45) is 0 Å². The molecule has 29 heavy (non-hydrogen) atoms. The van der Waals surface area contributed by atoms with Gasteiger partial charge >= 0.3 is 0 Å². The van der Waals surface area contributed by atoms with Crippen LogP contribution in [0.1, 0.15) is 32.4 Å². The second-order valence-electron chi connectivity index (χ2n) is 6.67. The summed E-state index contributed by atoms with van der Waals surface area (Å²) >= 11 is 7.79. The number of amides is 1. The number of thiophene rings is 1. The van der Waals surface area contributed by atoms with E-state index in [1.807, 2.05) is 23.6 Å². The summed E-state index contributed by atoms with van der Waals surface area (Å²) < 4.78 is 25.8. The lowest BCUT2D eigenvalue weighted by Crippen LogP contribution is -2.40. The molecule has 0 saturated heterocycles. The first-order valence-corrected chi connectivity index (χ1v) is 10.3. The molecule has 2 aromatic carbocycles. The maximum Gasteiger partial charge on any atom is 0.264 e. The van der Waals surface area contributed by atoms with Gasteiger partial charge in [-0.15, -0.1) is 11.3 Å². The lowest BCUT2D eigenvalue weighted by molar-refractivity contribution is 0.0697. The predicted octanol–water partition coefficient (Wildman–Crippen LogP) is 5.35. The third-order valence-corrected chi connectivity index (χ3v) is 6.33. The Morgan fingerprint density at radius 2 is 1.93 bits per heavy atom. The van der Waals surface area contributed by atoms with E-state index in [2.05, 4.69) is 0 Å². The van der Waals surface area contributed by atoms with Gasteiger partial charge in [0.2, 0.25) is 0 Å². The van der Waals surface area contributed by atoms with Crippen molar-refractivity contribution in [1.29, 1.82) is 0 Å². The van der Waals surface area contributed by atoms with E-state index in [0.29, 0.717) is 29.3 Å². The molecule has 0 N–H and O–H groups in total. The molecule has 1 atom stereocenters. The Morgan fingerprint density at radius 3 is 2.59 bits per heavy atom. The van der Waals surface area contributed by atoms with Crippen LogP contribution >= 0.6 is 22.9 Å². The van der Waals surface area contributed by atoms with Gasteiger partial charge in [0.15, 0.2) is 11.5 Å². The van der Waals surface area contributed by atoms with E-state index in [1.54, 1.807) is 37.3 Å². The predicted molar refractivity (Wildman–Crippen MR) is 112 cm³/mol. The van der Waals surface area contributed by atoms with Crippen molar-refractivity contribution in [2.45, 2.75) is 12.5 Å². The van der Waals surface area contributed by atoms with Crippen LogP contribution in [0.15, 0.2) is 47.8 Å². The maximum atomic E-state index is 15.0. The van der Waals surface area contributed by atoms with Gasteiger partial charge in [0.05, 0.1) is 25.1 Å². The second-order valence-corrected chi connectivity index (χ2v) is 8.02. The summed E-state index contributed by atoms with van der Waals surface area (Å²) in [6.07, 6.45) is 0.620. The lowest BCUT2D eigenvalue weighted by Gasteiger charge is -2.38. The van der Waals surface area contributed by atoms with Crippen molar-refractivity contribution < 1.29 is 18.7 Å². The molecule has 4 nitrogen and oxygen atoms in total. The molecule has 0 aliphatic carbocycles. The molecule has 150 valence electrons. The van der Waals surface area contributed by atoms with Crippen molar-refractivity contribution in [2.75, 3.05) is 20.8 Å². The van der Waals surface area contributed by atoms with Gasteiger partial charge in [-0.1, -0.05) is 23.7 Å². The van der Waals surface area contributed by atoms with Crippen molar-refractivity contribution in [3.63, 3.8) is 0 Å². The fourth-order valence-electron chi connectivity index (χ4n) is 3.79. The quantitative estimate of drug-likeness (QED) is 0.559. The molecule has 0 spiro atoms. The molecular weight excluding hydrogens is 413 g/mol. The van der Waals surface area contributed by atoms with Crippen LogP contribution in [0.3, 0.4) is 0 Å². The van der Waals surface area contributed by atoms with Crippen LogP contribution in [0, 0.1) is 5.82 Å². The number of ether oxygens (including phenoxy) is 2. The van der Waals surface area contributed by atoms with Crippen molar-refractivity contribution in [3.05, 3.63) is 80.3 Å². The Kier molecular flexibility index (Phi) is 5.48. The summed E-state index contributed by atoms with van der Waals surface area (Å²) in [6, 6.07) is 11.2. The van der Waals surface area contributed by atoms with Crippen LogP contribution < -0.4 is 9.47 Å². The second kappa shape index (κ2) is 8.05. The Bertz CT molecular complexity index is 1030. The minimum atomic E-state index is -0.665. The molecule has 7 heteroatoms. The van der Waals surface area contributed by atoms with Crippen LogP contribution in [-0.2, 0) is 6.42 Å². The Balaban J connectivity index is 1.92. The van der Waals surface area contributed by atoms with Crippen LogP contribution in [0.5, 0.6) is 11.5 Å². The first-order chi connectivity index (χ1) is 14.0. The topological polar surface area (TPSA) is 38.8 Å². The molecule has 0 unspecified atom stereocenters. The van der Waals surface area contributed by atoms with Gasteiger partial charge in [0.1, 0.15) is 5.82 Å². The van der Waals surface area contributed by atoms with Crippen LogP contribution in [-0.4, -0.2) is 31.6 Å². The highest BCUT2D eigenvalue weighted by Gasteiger charge is 2.36. The summed E-state index contributed by atoms with van der Waals surface area (Å²) in [5.41, 5.74) is 2.04. The monoisotopic (exact) mass is 431 g/mol. The largest absolute Gasteiger partial charge is 0.493 e. The SMILES string of the molecule is COc1cc2c(cc1OC)[C@@H](c1c(F)cccc1Cl)N(C(=O)c1cccs1)CC2. The van der Waals surface area contributed by atoms with Crippen molar-refractivity contribution >= 4 is 28.8 Å². The van der Waals surface area contributed by atoms with Crippen LogP contribution in [0.4, 0.5) is 4.39 Å². The number of carbonyl (C=O) groups is 1. The first-order valence-electron chi connectivity index (χ1n) is 9.08. The average molecular weight is 432 g/mol. The molecule has 0 fully saturated rings. The summed E-state index contributed by atoms with van der Waals surface area (Å²) in [5, 5.41) is 2.13. The van der Waals surface area contributed by atoms with Gasteiger partial charge in [-0.05, 0) is 53.3 Å². The fourth-order valence-corrected chi connectivity index (χ4v) is 4.73. The normalized spacial score (nSPS) is 15.7. The lowest BCUT2D eigenvalue weighted by atomic mass is 9.87. The number of hydrogen-bond acceptors (Lipinski definition) is 4. The van der Waals surface area contributed by atoms with Gasteiger partial charge in [-0.3, -0.25) is 4.79 Å². The Labute approximate surface area is 177 Å². The van der Waals surface area contributed by atoms with E-state index in [-0.39, 0.29) is 16.5 Å². The molecule has 1 aliphatic rings. The highest BCUT2D eigenvalue weighted by molar-refractivity contribution is 7.12. The average Bonchev–Trinajstić information content (AvgIpc) is 3.27. The molecular formula is C22H19ClFNO3S. The van der Waals surface area contributed by atoms with E-state index in [4.69, 9.17) is 21.1 Å². The van der Waals surface area contributed by atoms with Crippen molar-refractivity contribution in [1.82, 2.24) is 4.90 Å². The molecule has 1 aromatic heterocycles. The minimum Gasteiger partial charge on any atom is -0.493 e. The first kappa shape index (κ1) is 19.7. The standard InChI is InChI=1S/C22H19ClFNO3S/c1-27-17-11-13-8-9-25(22(26)19-7-4-10-29-19)21(14(13)12-18(17)28-2)20-15(23)5-3-6-16(20)24/h3-7,10-12,21H,8-9H2,1-2H3/t21-/m0/s1. The van der Waals surface area contributed by atoms with Gasteiger partial charge in [-0.2, -0.15) is 0 Å². The number of benzene rings is 2.